The number of nitrogens with one attached hydrogen (secondary N) is 1. The predicted molar refractivity (Wildman–Crippen MR) is 169 cm³/mol. The van der Waals surface area contributed by atoms with E-state index in [1.807, 2.05) is 44.2 Å². The second-order valence-electron chi connectivity index (χ2n) is 11.0. The zero-order valence-electron chi connectivity index (χ0n) is 25.5. The van der Waals surface area contributed by atoms with Crippen LogP contribution in [0.4, 0.5) is 10.1 Å². The normalized spacial score (nSPS) is 14.4. The third-order valence-corrected chi connectivity index (χ3v) is 9.73. The van der Waals surface area contributed by atoms with Crippen molar-refractivity contribution in [2.75, 3.05) is 24.0 Å². The van der Waals surface area contributed by atoms with Crippen molar-refractivity contribution in [2.45, 2.75) is 75.8 Å². The highest BCUT2D eigenvalue weighted by Crippen LogP contribution is 2.27. The van der Waals surface area contributed by atoms with Gasteiger partial charge in [0.15, 0.2) is 0 Å². The first-order valence-electron chi connectivity index (χ1n) is 15.4. The molecular weight excluding hydrogens is 581 g/mol. The summed E-state index contributed by atoms with van der Waals surface area (Å²) >= 11 is 0. The number of ether oxygens (including phenoxy) is 1. The van der Waals surface area contributed by atoms with Crippen LogP contribution in [0.1, 0.15) is 57.9 Å². The molecule has 2 amide bonds. The van der Waals surface area contributed by atoms with Crippen molar-refractivity contribution in [3.63, 3.8) is 0 Å². The van der Waals surface area contributed by atoms with Crippen molar-refractivity contribution in [2.24, 2.45) is 0 Å². The molecule has 0 spiro atoms. The van der Waals surface area contributed by atoms with Crippen LogP contribution in [0.5, 0.6) is 5.75 Å². The third-order valence-electron chi connectivity index (χ3n) is 7.94. The van der Waals surface area contributed by atoms with Crippen LogP contribution in [0.3, 0.4) is 0 Å². The Bertz CT molecular complexity index is 1460. The lowest BCUT2D eigenvalue weighted by atomic mass is 9.95. The average molecular weight is 624 g/mol. The minimum absolute atomic E-state index is 0.0654. The van der Waals surface area contributed by atoms with Crippen LogP contribution in [0.15, 0.2) is 83.8 Å². The van der Waals surface area contributed by atoms with Gasteiger partial charge in [0.25, 0.3) is 10.0 Å². The zero-order valence-corrected chi connectivity index (χ0v) is 26.3. The highest BCUT2D eigenvalue weighted by atomic mass is 32.2. The van der Waals surface area contributed by atoms with Gasteiger partial charge in [-0.25, -0.2) is 12.8 Å². The molecule has 0 saturated heterocycles. The van der Waals surface area contributed by atoms with E-state index in [-0.39, 0.29) is 29.1 Å². The highest BCUT2D eigenvalue weighted by Gasteiger charge is 2.34. The van der Waals surface area contributed by atoms with Gasteiger partial charge in [0.05, 0.1) is 17.2 Å². The lowest BCUT2D eigenvalue weighted by molar-refractivity contribution is -0.140. The summed E-state index contributed by atoms with van der Waals surface area (Å²) in [6, 6.07) is 19.8. The molecule has 1 saturated carbocycles. The van der Waals surface area contributed by atoms with Gasteiger partial charge >= 0.3 is 0 Å². The second-order valence-corrected chi connectivity index (χ2v) is 12.8. The molecule has 1 N–H and O–H groups in total. The van der Waals surface area contributed by atoms with E-state index in [0.29, 0.717) is 25.2 Å². The molecule has 1 fully saturated rings. The number of carbonyl (C=O) groups is 2. The van der Waals surface area contributed by atoms with E-state index in [1.165, 1.54) is 17.0 Å². The first-order valence-corrected chi connectivity index (χ1v) is 16.8. The minimum atomic E-state index is -4.29. The van der Waals surface area contributed by atoms with Crippen LogP contribution in [0.2, 0.25) is 0 Å². The summed E-state index contributed by atoms with van der Waals surface area (Å²) in [6.07, 6.45) is 5.92. The van der Waals surface area contributed by atoms with Crippen LogP contribution in [0.25, 0.3) is 0 Å². The van der Waals surface area contributed by atoms with Crippen molar-refractivity contribution >= 4 is 27.5 Å². The molecule has 3 aromatic rings. The minimum Gasteiger partial charge on any atom is -0.494 e. The SMILES string of the molecule is CCOc1ccc(N(CC(=O)N(CCc2ccccc2)[C@H](CC)C(=O)NC2CCCCC2)S(=O)(=O)c2ccc(F)cc2)cc1. The summed E-state index contributed by atoms with van der Waals surface area (Å²) < 4.78 is 48.1. The van der Waals surface area contributed by atoms with E-state index < -0.39 is 34.3 Å². The van der Waals surface area contributed by atoms with E-state index in [9.17, 15) is 22.4 Å². The number of nitrogens with zero attached hydrogens (tertiary/aromatic N) is 2. The molecule has 0 aliphatic heterocycles. The topological polar surface area (TPSA) is 96.0 Å². The number of benzene rings is 3. The maximum atomic E-state index is 14.2. The van der Waals surface area contributed by atoms with Gasteiger partial charge in [0.1, 0.15) is 24.2 Å². The quantitative estimate of drug-likeness (QED) is 0.248. The van der Waals surface area contributed by atoms with Crippen LogP contribution < -0.4 is 14.4 Å². The molecule has 3 aromatic carbocycles. The maximum Gasteiger partial charge on any atom is 0.264 e. The molecule has 1 atom stereocenters. The fourth-order valence-electron chi connectivity index (χ4n) is 5.58. The number of amides is 2. The molecular formula is C34H42FN3O5S. The molecule has 4 rings (SSSR count). The van der Waals surface area contributed by atoms with Crippen LogP contribution in [0, 0.1) is 5.82 Å². The van der Waals surface area contributed by atoms with Gasteiger partial charge in [-0.1, -0.05) is 56.5 Å². The molecule has 0 unspecified atom stereocenters. The molecule has 1 aliphatic rings. The van der Waals surface area contributed by atoms with Gasteiger partial charge in [0, 0.05) is 12.6 Å². The summed E-state index contributed by atoms with van der Waals surface area (Å²) in [7, 11) is -4.29. The number of carbonyl (C=O) groups excluding carboxylic acids is 2. The number of halogens is 1. The van der Waals surface area contributed by atoms with E-state index >= 15 is 0 Å². The van der Waals surface area contributed by atoms with Crippen LogP contribution >= 0.6 is 0 Å². The highest BCUT2D eigenvalue weighted by molar-refractivity contribution is 7.92. The Kier molecular flexibility index (Phi) is 11.8. The summed E-state index contributed by atoms with van der Waals surface area (Å²) in [6.45, 7) is 3.82. The predicted octanol–water partition coefficient (Wildman–Crippen LogP) is 5.72. The van der Waals surface area contributed by atoms with Gasteiger partial charge in [-0.3, -0.25) is 13.9 Å². The number of anilines is 1. The number of hydrogen-bond acceptors (Lipinski definition) is 5. The second kappa shape index (κ2) is 15.7. The van der Waals surface area contributed by atoms with Crippen molar-refractivity contribution in [3.05, 3.63) is 90.2 Å². The van der Waals surface area contributed by atoms with Crippen LogP contribution in [-0.2, 0) is 26.0 Å². The third kappa shape index (κ3) is 8.59. The Labute approximate surface area is 260 Å². The largest absolute Gasteiger partial charge is 0.494 e. The van der Waals surface area contributed by atoms with E-state index in [1.54, 1.807) is 24.3 Å². The van der Waals surface area contributed by atoms with Crippen molar-refractivity contribution in [1.82, 2.24) is 10.2 Å². The van der Waals surface area contributed by atoms with E-state index in [4.69, 9.17) is 4.74 Å². The van der Waals surface area contributed by atoms with Gasteiger partial charge < -0.3 is 15.0 Å². The zero-order chi connectivity index (χ0) is 31.5. The number of hydrogen-bond donors (Lipinski definition) is 1. The fraction of sp³-hybridized carbons (Fsp3) is 0.412. The van der Waals surface area contributed by atoms with Crippen molar-refractivity contribution < 1.29 is 27.1 Å². The standard InChI is InChI=1S/C34H42FN3O5S/c1-3-32(34(40)36-28-13-9-6-10-14-28)37(24-23-26-11-7-5-8-12-26)33(39)25-38(29-17-19-30(20-18-29)43-4-2)44(41,42)31-21-15-27(35)16-22-31/h5,7-8,11-12,15-22,28,32H,3-4,6,9-10,13-14,23-25H2,1-2H3,(H,36,40)/t32-/m1/s1. The first-order chi connectivity index (χ1) is 21.2. The van der Waals surface area contributed by atoms with Gasteiger partial charge in [-0.2, -0.15) is 0 Å². The number of rotatable bonds is 14. The summed E-state index contributed by atoms with van der Waals surface area (Å²) in [4.78, 5) is 29.2. The van der Waals surface area contributed by atoms with Crippen LogP contribution in [-0.4, -0.2) is 56.9 Å². The molecule has 0 bridgehead atoms. The Morgan fingerprint density at radius 2 is 1.59 bits per heavy atom. The molecule has 236 valence electrons. The summed E-state index contributed by atoms with van der Waals surface area (Å²) in [5.74, 6) is -0.757. The van der Waals surface area contributed by atoms with Crippen molar-refractivity contribution in [3.8, 4) is 5.75 Å². The Hall–Kier alpha value is -3.92. The molecule has 0 heterocycles. The maximum absolute atomic E-state index is 14.2. The van der Waals surface area contributed by atoms with E-state index in [2.05, 4.69) is 5.32 Å². The van der Waals surface area contributed by atoms with Gasteiger partial charge in [0.2, 0.25) is 11.8 Å². The Morgan fingerprint density at radius 1 is 0.932 bits per heavy atom. The Balaban J connectivity index is 1.67. The summed E-state index contributed by atoms with van der Waals surface area (Å²) in [5, 5.41) is 3.15. The van der Waals surface area contributed by atoms with Crippen molar-refractivity contribution in [1.29, 1.82) is 0 Å². The average Bonchev–Trinajstić information content (AvgIpc) is 3.03. The van der Waals surface area contributed by atoms with Gasteiger partial charge in [-0.05, 0) is 86.7 Å². The van der Waals surface area contributed by atoms with Gasteiger partial charge in [-0.15, -0.1) is 0 Å². The summed E-state index contributed by atoms with van der Waals surface area (Å²) in [5.41, 5.74) is 1.24. The lowest BCUT2D eigenvalue weighted by Gasteiger charge is -2.34. The molecule has 1 aliphatic carbocycles. The Morgan fingerprint density at radius 3 is 2.20 bits per heavy atom. The van der Waals surface area contributed by atoms with E-state index in [0.717, 1.165) is 54.1 Å². The molecule has 10 heteroatoms. The smallest absolute Gasteiger partial charge is 0.264 e. The molecule has 8 nitrogen and oxygen atoms in total. The monoisotopic (exact) mass is 623 g/mol. The molecule has 0 aromatic heterocycles. The number of sulfonamides is 1. The fourth-order valence-corrected chi connectivity index (χ4v) is 6.99. The molecule has 0 radical (unpaired) electrons. The lowest BCUT2D eigenvalue weighted by Crippen LogP contribution is -2.54. The molecule has 44 heavy (non-hydrogen) atoms. The first kappa shape index (κ1) is 33.0.